The van der Waals surface area contributed by atoms with Crippen LogP contribution in [-0.2, 0) is 0 Å². The monoisotopic (exact) mass is 257 g/mol. The number of fused-ring (bicyclic) bond motifs is 1. The molecule has 0 spiro atoms. The minimum atomic E-state index is -0.1000. The Kier molecular flexibility index (Phi) is 3.23. The number of aryl methyl sites for hydroxylation is 2. The second-order valence-electron chi connectivity index (χ2n) is 5.09. The van der Waals surface area contributed by atoms with Crippen LogP contribution in [0.4, 0.5) is 0 Å². The summed E-state index contributed by atoms with van der Waals surface area (Å²) in [6.45, 7) is 11.3. The van der Waals surface area contributed by atoms with Gasteiger partial charge in [-0.25, -0.2) is 0 Å². The number of benzene rings is 1. The first-order valence-corrected chi connectivity index (χ1v) is 6.36. The highest BCUT2D eigenvalue weighted by molar-refractivity contribution is 5.88. The molecule has 19 heavy (non-hydrogen) atoms. The number of pyridine rings is 1. The van der Waals surface area contributed by atoms with Crippen molar-refractivity contribution in [3.63, 3.8) is 0 Å². The normalized spacial score (nSPS) is 12.6. The quantitative estimate of drug-likeness (QED) is 0.810. The molecule has 2 rings (SSSR count). The fraction of sp³-hybridized carbons (Fsp3) is 0.312. The minimum Gasteiger partial charge on any atom is -0.507 e. The number of aromatic hydroxyl groups is 1. The van der Waals surface area contributed by atoms with Crippen molar-refractivity contribution in [2.24, 2.45) is 0 Å². The number of allylic oxidation sites excluding steroid dienone is 1. The van der Waals surface area contributed by atoms with Gasteiger partial charge in [-0.1, -0.05) is 13.0 Å². The number of hydrogen-bond donors (Lipinski definition) is 2. The van der Waals surface area contributed by atoms with Gasteiger partial charge in [0.2, 0.25) is 0 Å². The fourth-order valence-corrected chi connectivity index (χ4v) is 2.34. The van der Waals surface area contributed by atoms with Crippen LogP contribution in [0.2, 0.25) is 0 Å². The summed E-state index contributed by atoms with van der Waals surface area (Å²) in [5.74, 6) is 0.300. The Balaban J connectivity index is 2.97. The number of hydrogen-bond acceptors (Lipinski definition) is 2. The van der Waals surface area contributed by atoms with Crippen LogP contribution in [-0.4, -0.2) is 10.1 Å². The lowest BCUT2D eigenvalue weighted by atomic mass is 9.93. The van der Waals surface area contributed by atoms with Gasteiger partial charge in [-0.2, -0.15) is 0 Å². The maximum atomic E-state index is 11.8. The van der Waals surface area contributed by atoms with Crippen molar-refractivity contribution < 1.29 is 5.11 Å². The first kappa shape index (κ1) is 13.4. The predicted molar refractivity (Wildman–Crippen MR) is 79.1 cm³/mol. The van der Waals surface area contributed by atoms with Gasteiger partial charge in [0.25, 0.3) is 5.56 Å². The molecule has 100 valence electrons. The summed E-state index contributed by atoms with van der Waals surface area (Å²) < 4.78 is 0. The number of nitrogens with one attached hydrogen (secondary N) is 1. The predicted octanol–water partition coefficient (Wildman–Crippen LogP) is 3.45. The minimum absolute atomic E-state index is 0.0646. The molecule has 1 atom stereocenters. The van der Waals surface area contributed by atoms with Gasteiger partial charge in [0.05, 0.1) is 5.52 Å². The number of rotatable bonds is 2. The van der Waals surface area contributed by atoms with Crippen LogP contribution < -0.4 is 5.56 Å². The summed E-state index contributed by atoms with van der Waals surface area (Å²) in [7, 11) is 0. The molecule has 0 saturated heterocycles. The van der Waals surface area contributed by atoms with Crippen molar-refractivity contribution in [2.75, 3.05) is 0 Å². The Hall–Kier alpha value is -2.03. The Morgan fingerprint density at radius 2 is 1.89 bits per heavy atom. The Morgan fingerprint density at radius 1 is 1.26 bits per heavy atom. The van der Waals surface area contributed by atoms with Crippen molar-refractivity contribution in [1.82, 2.24) is 4.98 Å². The number of phenols is 1. The maximum absolute atomic E-state index is 11.8. The van der Waals surface area contributed by atoms with Crippen LogP contribution in [0.1, 0.15) is 35.1 Å². The second-order valence-corrected chi connectivity index (χ2v) is 5.09. The van der Waals surface area contributed by atoms with Gasteiger partial charge in [0.15, 0.2) is 0 Å². The van der Waals surface area contributed by atoms with Crippen LogP contribution >= 0.6 is 0 Å². The van der Waals surface area contributed by atoms with E-state index in [0.29, 0.717) is 11.1 Å². The summed E-state index contributed by atoms with van der Waals surface area (Å²) in [6, 6.07) is 1.95. The molecule has 2 aromatic rings. The van der Waals surface area contributed by atoms with E-state index in [2.05, 4.69) is 11.6 Å². The molecule has 1 aromatic heterocycles. The Labute approximate surface area is 112 Å². The molecule has 2 N–H and O–H groups in total. The van der Waals surface area contributed by atoms with Crippen LogP contribution in [0, 0.1) is 20.8 Å². The molecule has 0 saturated carbocycles. The molecule has 1 aromatic carbocycles. The molecule has 3 nitrogen and oxygen atoms in total. The number of phenolic OH excluding ortho intramolecular Hbond substituents is 1. The molecule has 0 radical (unpaired) electrons. The Morgan fingerprint density at radius 3 is 2.47 bits per heavy atom. The number of aromatic amines is 1. The molecular formula is C16H19NO2. The van der Waals surface area contributed by atoms with Crippen LogP contribution in [0.15, 0.2) is 23.5 Å². The van der Waals surface area contributed by atoms with E-state index in [1.54, 1.807) is 6.08 Å². The van der Waals surface area contributed by atoms with E-state index in [-0.39, 0.29) is 17.2 Å². The fourth-order valence-electron chi connectivity index (χ4n) is 2.34. The van der Waals surface area contributed by atoms with E-state index in [4.69, 9.17) is 0 Å². The topological polar surface area (TPSA) is 53.1 Å². The van der Waals surface area contributed by atoms with Gasteiger partial charge in [-0.05, 0) is 32.4 Å². The van der Waals surface area contributed by atoms with E-state index in [1.807, 2.05) is 33.8 Å². The van der Waals surface area contributed by atoms with Gasteiger partial charge in [0.1, 0.15) is 5.75 Å². The van der Waals surface area contributed by atoms with Crippen LogP contribution in [0.3, 0.4) is 0 Å². The molecule has 0 amide bonds. The summed E-state index contributed by atoms with van der Waals surface area (Å²) in [4.78, 5) is 14.7. The van der Waals surface area contributed by atoms with E-state index in [9.17, 15) is 9.90 Å². The van der Waals surface area contributed by atoms with Gasteiger partial charge in [-0.3, -0.25) is 4.79 Å². The van der Waals surface area contributed by atoms with Crippen LogP contribution in [0.5, 0.6) is 5.75 Å². The van der Waals surface area contributed by atoms with Crippen molar-refractivity contribution in [1.29, 1.82) is 0 Å². The van der Waals surface area contributed by atoms with Gasteiger partial charge >= 0.3 is 0 Å². The standard InChI is InChI=1S/C16H19NO2/c1-6-8(2)12-7-13-9(3)10(4)16(19)17-14(13)11(5)15(12)18/h6-8,18H,1H2,2-5H3,(H,17,19). The summed E-state index contributed by atoms with van der Waals surface area (Å²) in [6.07, 6.45) is 1.80. The average Bonchev–Trinajstić information content (AvgIpc) is 2.40. The van der Waals surface area contributed by atoms with E-state index < -0.39 is 0 Å². The molecule has 1 heterocycles. The Bertz CT molecular complexity index is 726. The highest BCUT2D eigenvalue weighted by Gasteiger charge is 2.16. The third kappa shape index (κ3) is 1.95. The smallest absolute Gasteiger partial charge is 0.251 e. The van der Waals surface area contributed by atoms with E-state index in [0.717, 1.165) is 22.1 Å². The molecule has 1 unspecified atom stereocenters. The lowest BCUT2D eigenvalue weighted by molar-refractivity contribution is 0.463. The summed E-state index contributed by atoms with van der Waals surface area (Å²) in [5.41, 5.74) is 3.84. The molecule has 0 aliphatic rings. The number of H-pyrrole nitrogens is 1. The van der Waals surface area contributed by atoms with E-state index in [1.165, 1.54) is 0 Å². The summed E-state index contributed by atoms with van der Waals surface area (Å²) in [5, 5.41) is 11.3. The SMILES string of the molecule is C=CC(C)c1cc2c(C)c(C)c(=O)[nH]c2c(C)c1O. The molecular weight excluding hydrogens is 238 g/mol. The molecule has 0 aliphatic heterocycles. The largest absolute Gasteiger partial charge is 0.507 e. The second kappa shape index (κ2) is 4.57. The maximum Gasteiger partial charge on any atom is 0.251 e. The highest BCUT2D eigenvalue weighted by atomic mass is 16.3. The lowest BCUT2D eigenvalue weighted by Gasteiger charge is -2.16. The average molecular weight is 257 g/mol. The zero-order chi connectivity index (χ0) is 14.3. The molecule has 0 fully saturated rings. The van der Waals surface area contributed by atoms with Crippen molar-refractivity contribution in [2.45, 2.75) is 33.6 Å². The van der Waals surface area contributed by atoms with Crippen molar-refractivity contribution in [3.05, 3.63) is 51.3 Å². The zero-order valence-electron chi connectivity index (χ0n) is 11.8. The molecule has 0 bridgehead atoms. The molecule has 3 heteroatoms. The van der Waals surface area contributed by atoms with Gasteiger partial charge in [-0.15, -0.1) is 6.58 Å². The van der Waals surface area contributed by atoms with Crippen molar-refractivity contribution >= 4 is 10.9 Å². The van der Waals surface area contributed by atoms with Gasteiger partial charge in [0, 0.05) is 28.0 Å². The van der Waals surface area contributed by atoms with Crippen LogP contribution in [0.25, 0.3) is 10.9 Å². The summed E-state index contributed by atoms with van der Waals surface area (Å²) >= 11 is 0. The first-order valence-electron chi connectivity index (χ1n) is 6.36. The lowest BCUT2D eigenvalue weighted by Crippen LogP contribution is -2.12. The molecule has 0 aliphatic carbocycles. The first-order chi connectivity index (χ1) is 8.88. The number of aromatic nitrogens is 1. The van der Waals surface area contributed by atoms with Gasteiger partial charge < -0.3 is 10.1 Å². The highest BCUT2D eigenvalue weighted by Crippen LogP contribution is 2.35. The third-order valence-corrected chi connectivity index (χ3v) is 3.96. The zero-order valence-corrected chi connectivity index (χ0v) is 11.8. The van der Waals surface area contributed by atoms with Crippen molar-refractivity contribution in [3.8, 4) is 5.75 Å². The van der Waals surface area contributed by atoms with E-state index >= 15 is 0 Å². The third-order valence-electron chi connectivity index (χ3n) is 3.96.